The van der Waals surface area contributed by atoms with Gasteiger partial charge in [-0.3, -0.25) is 4.79 Å². The van der Waals surface area contributed by atoms with Gasteiger partial charge in [-0.2, -0.15) is 0 Å². The molecule has 1 fully saturated rings. The van der Waals surface area contributed by atoms with Crippen molar-refractivity contribution in [1.82, 2.24) is 4.90 Å². The molecule has 1 aromatic rings. The van der Waals surface area contributed by atoms with Gasteiger partial charge >= 0.3 is 0 Å². The highest BCUT2D eigenvalue weighted by Crippen LogP contribution is 2.32. The first-order valence-corrected chi connectivity index (χ1v) is 7.24. The van der Waals surface area contributed by atoms with E-state index in [1.165, 1.54) is 6.42 Å². The first kappa shape index (κ1) is 13.1. The maximum atomic E-state index is 12.1. The Morgan fingerprint density at radius 1 is 1.10 bits per heavy atom. The minimum atomic E-state index is 0.166. The number of fused-ring (bicyclic) bond motifs is 1. The minimum Gasteiger partial charge on any atom is -0.486 e. The lowest BCUT2D eigenvalue weighted by atomic mass is 10.1. The Kier molecular flexibility index (Phi) is 3.95. The van der Waals surface area contributed by atoms with Crippen LogP contribution < -0.4 is 14.8 Å². The number of hydrogen-bond donors (Lipinski definition) is 1. The predicted octanol–water partition coefficient (Wildman–Crippen LogP) is 1.88. The van der Waals surface area contributed by atoms with Crippen LogP contribution in [0.1, 0.15) is 19.3 Å². The Labute approximate surface area is 118 Å². The molecule has 0 unspecified atom stereocenters. The summed E-state index contributed by atoms with van der Waals surface area (Å²) in [4.78, 5) is 14.0. The van der Waals surface area contributed by atoms with Crippen LogP contribution in [0.4, 0.5) is 5.69 Å². The molecule has 0 aromatic heterocycles. The molecule has 0 radical (unpaired) electrons. The fourth-order valence-corrected chi connectivity index (χ4v) is 2.59. The van der Waals surface area contributed by atoms with E-state index in [-0.39, 0.29) is 5.91 Å². The van der Waals surface area contributed by atoms with E-state index in [0.717, 1.165) is 43.1 Å². The smallest absolute Gasteiger partial charge is 0.241 e. The maximum absolute atomic E-state index is 12.1. The Hall–Kier alpha value is -1.91. The van der Waals surface area contributed by atoms with Crippen molar-refractivity contribution in [2.45, 2.75) is 19.3 Å². The number of carbonyl (C=O) groups is 1. The lowest BCUT2D eigenvalue weighted by molar-refractivity contribution is -0.130. The summed E-state index contributed by atoms with van der Waals surface area (Å²) < 4.78 is 11.0. The summed E-state index contributed by atoms with van der Waals surface area (Å²) in [6.45, 7) is 3.28. The number of piperidine rings is 1. The number of benzene rings is 1. The molecule has 2 heterocycles. The van der Waals surface area contributed by atoms with Gasteiger partial charge in [-0.15, -0.1) is 0 Å². The minimum absolute atomic E-state index is 0.166. The van der Waals surface area contributed by atoms with Gasteiger partial charge in [0.1, 0.15) is 13.2 Å². The molecule has 1 amide bonds. The van der Waals surface area contributed by atoms with Crippen LogP contribution in [0, 0.1) is 0 Å². The van der Waals surface area contributed by atoms with E-state index in [1.54, 1.807) is 0 Å². The number of carbonyl (C=O) groups excluding carboxylic acids is 1. The normalized spacial score (nSPS) is 17.7. The van der Waals surface area contributed by atoms with Crippen LogP contribution in [0.25, 0.3) is 0 Å². The molecular weight excluding hydrogens is 256 g/mol. The van der Waals surface area contributed by atoms with Crippen molar-refractivity contribution >= 4 is 11.6 Å². The molecule has 0 atom stereocenters. The second-order valence-electron chi connectivity index (χ2n) is 5.15. The topological polar surface area (TPSA) is 50.8 Å². The summed E-state index contributed by atoms with van der Waals surface area (Å²) >= 11 is 0. The van der Waals surface area contributed by atoms with Crippen LogP contribution in [-0.2, 0) is 4.79 Å². The van der Waals surface area contributed by atoms with Gasteiger partial charge < -0.3 is 19.7 Å². The van der Waals surface area contributed by atoms with Crippen molar-refractivity contribution in [3.63, 3.8) is 0 Å². The van der Waals surface area contributed by atoms with Gasteiger partial charge in [0, 0.05) is 24.8 Å². The summed E-state index contributed by atoms with van der Waals surface area (Å²) in [5, 5.41) is 3.17. The third-order valence-electron chi connectivity index (χ3n) is 3.69. The first-order chi connectivity index (χ1) is 9.83. The average Bonchev–Trinajstić information content (AvgIpc) is 2.53. The van der Waals surface area contributed by atoms with Gasteiger partial charge in [0.2, 0.25) is 5.91 Å². The Morgan fingerprint density at radius 3 is 2.65 bits per heavy atom. The van der Waals surface area contributed by atoms with Crippen LogP contribution in [-0.4, -0.2) is 43.7 Å². The summed E-state index contributed by atoms with van der Waals surface area (Å²) in [6.07, 6.45) is 3.48. The molecule has 1 N–H and O–H groups in total. The molecule has 3 rings (SSSR count). The monoisotopic (exact) mass is 276 g/mol. The van der Waals surface area contributed by atoms with Gasteiger partial charge in [0.25, 0.3) is 0 Å². The van der Waals surface area contributed by atoms with Crippen LogP contribution in [0.5, 0.6) is 11.5 Å². The fourth-order valence-electron chi connectivity index (χ4n) is 2.59. The van der Waals surface area contributed by atoms with Gasteiger partial charge in [0.05, 0.1) is 6.54 Å². The largest absolute Gasteiger partial charge is 0.486 e. The average molecular weight is 276 g/mol. The molecular formula is C15H20N2O3. The number of amides is 1. The molecule has 0 bridgehead atoms. The van der Waals surface area contributed by atoms with Crippen molar-refractivity contribution < 1.29 is 14.3 Å². The number of nitrogens with one attached hydrogen (secondary N) is 1. The second-order valence-corrected chi connectivity index (χ2v) is 5.15. The van der Waals surface area contributed by atoms with E-state index in [4.69, 9.17) is 9.47 Å². The Balaban J connectivity index is 1.56. The molecule has 108 valence electrons. The van der Waals surface area contributed by atoms with Gasteiger partial charge in [-0.25, -0.2) is 0 Å². The van der Waals surface area contributed by atoms with Gasteiger partial charge in [-0.1, -0.05) is 0 Å². The molecule has 0 aliphatic carbocycles. The SMILES string of the molecule is O=C(CNc1ccc2c(c1)OCCO2)N1CCCCC1. The van der Waals surface area contributed by atoms with E-state index >= 15 is 0 Å². The molecule has 1 saturated heterocycles. The zero-order valence-electron chi connectivity index (χ0n) is 11.6. The van der Waals surface area contributed by atoms with Crippen molar-refractivity contribution in [2.75, 3.05) is 38.2 Å². The zero-order valence-corrected chi connectivity index (χ0v) is 11.6. The van der Waals surface area contributed by atoms with E-state index in [2.05, 4.69) is 5.32 Å². The molecule has 2 aliphatic rings. The highest BCUT2D eigenvalue weighted by Gasteiger charge is 2.16. The molecule has 5 heteroatoms. The zero-order chi connectivity index (χ0) is 13.8. The predicted molar refractivity (Wildman–Crippen MR) is 76.4 cm³/mol. The molecule has 0 saturated carbocycles. The second kappa shape index (κ2) is 6.03. The Bertz CT molecular complexity index is 484. The highest BCUT2D eigenvalue weighted by molar-refractivity contribution is 5.81. The van der Waals surface area contributed by atoms with Gasteiger partial charge in [-0.05, 0) is 31.4 Å². The third-order valence-corrected chi connectivity index (χ3v) is 3.69. The number of anilines is 1. The van der Waals surface area contributed by atoms with Crippen molar-refractivity contribution in [1.29, 1.82) is 0 Å². The summed E-state index contributed by atoms with van der Waals surface area (Å²) in [6, 6.07) is 5.68. The first-order valence-electron chi connectivity index (χ1n) is 7.24. The quantitative estimate of drug-likeness (QED) is 0.916. The molecule has 20 heavy (non-hydrogen) atoms. The van der Waals surface area contributed by atoms with Crippen LogP contribution in [0.2, 0.25) is 0 Å². The van der Waals surface area contributed by atoms with Crippen LogP contribution in [0.15, 0.2) is 18.2 Å². The summed E-state index contributed by atoms with van der Waals surface area (Å²) in [5.74, 6) is 1.68. The number of rotatable bonds is 3. The number of hydrogen-bond acceptors (Lipinski definition) is 4. The lowest BCUT2D eigenvalue weighted by Crippen LogP contribution is -2.39. The Morgan fingerprint density at radius 2 is 1.85 bits per heavy atom. The molecule has 0 spiro atoms. The fraction of sp³-hybridized carbons (Fsp3) is 0.533. The number of nitrogens with zero attached hydrogens (tertiary/aromatic N) is 1. The van der Waals surface area contributed by atoms with Gasteiger partial charge in [0.15, 0.2) is 11.5 Å². The van der Waals surface area contributed by atoms with E-state index in [0.29, 0.717) is 19.8 Å². The summed E-state index contributed by atoms with van der Waals surface area (Å²) in [5.41, 5.74) is 0.889. The van der Waals surface area contributed by atoms with E-state index in [9.17, 15) is 4.79 Å². The molecule has 1 aromatic carbocycles. The van der Waals surface area contributed by atoms with Crippen LogP contribution in [0.3, 0.4) is 0 Å². The lowest BCUT2D eigenvalue weighted by Gasteiger charge is -2.27. The molecule has 5 nitrogen and oxygen atoms in total. The third kappa shape index (κ3) is 2.98. The highest BCUT2D eigenvalue weighted by atomic mass is 16.6. The summed E-state index contributed by atoms with van der Waals surface area (Å²) in [7, 11) is 0. The van der Waals surface area contributed by atoms with E-state index in [1.807, 2.05) is 23.1 Å². The van der Waals surface area contributed by atoms with Crippen molar-refractivity contribution in [3.8, 4) is 11.5 Å². The van der Waals surface area contributed by atoms with E-state index < -0.39 is 0 Å². The number of likely N-dealkylation sites (tertiary alicyclic amines) is 1. The standard InChI is InChI=1S/C15H20N2O3/c18-15(17-6-2-1-3-7-17)11-16-12-4-5-13-14(10-12)20-9-8-19-13/h4-5,10,16H,1-3,6-9,11H2. The molecule has 2 aliphatic heterocycles. The number of ether oxygens (including phenoxy) is 2. The maximum Gasteiger partial charge on any atom is 0.241 e. The van der Waals surface area contributed by atoms with Crippen molar-refractivity contribution in [2.24, 2.45) is 0 Å². The van der Waals surface area contributed by atoms with Crippen molar-refractivity contribution in [3.05, 3.63) is 18.2 Å². The van der Waals surface area contributed by atoms with Crippen LogP contribution >= 0.6 is 0 Å².